The van der Waals surface area contributed by atoms with Gasteiger partial charge in [-0.05, 0) is 74.4 Å². The molecule has 0 unspecified atom stereocenters. The molecule has 0 amide bonds. The molecule has 0 radical (unpaired) electrons. The summed E-state index contributed by atoms with van der Waals surface area (Å²) in [5.74, 6) is -3.10. The minimum atomic E-state index is -2.34. The number of hydrogen-bond donors (Lipinski definition) is 2. The maximum Gasteiger partial charge on any atom is 0.342 e. The summed E-state index contributed by atoms with van der Waals surface area (Å²) in [5.41, 5.74) is -3.90. The molecule has 0 spiro atoms. The molecular weight excluding hydrogens is 580 g/mol. The highest BCUT2D eigenvalue weighted by atomic mass is 16.7. The van der Waals surface area contributed by atoms with E-state index in [9.17, 15) is 29.4 Å². The van der Waals surface area contributed by atoms with E-state index in [2.05, 4.69) is 0 Å². The van der Waals surface area contributed by atoms with Crippen LogP contribution >= 0.6 is 0 Å². The number of allylic oxidation sites excluding steroid dienone is 2. The number of rotatable bonds is 13. The Morgan fingerprint density at radius 1 is 0.818 bits per heavy atom. The third-order valence-electron chi connectivity index (χ3n) is 7.45. The van der Waals surface area contributed by atoms with Gasteiger partial charge in [0.1, 0.15) is 18.3 Å². The minimum Gasteiger partial charge on any atom is -0.493 e. The number of ether oxygens (including phenoxy) is 7. The van der Waals surface area contributed by atoms with Gasteiger partial charge in [0.25, 0.3) is 0 Å². The molecule has 2 N–H and O–H groups in total. The lowest BCUT2D eigenvalue weighted by Gasteiger charge is -2.33. The molecule has 0 aliphatic carbocycles. The predicted octanol–water partition coefficient (Wildman–Crippen LogP) is 3.24. The normalized spacial score (nSPS) is 18.5. The molecular formula is C31H42O13. The first-order valence-electron chi connectivity index (χ1n) is 13.9. The monoisotopic (exact) mass is 622 g/mol. The Hall–Kier alpha value is -4.10. The number of hydrogen-bond acceptors (Lipinski definition) is 13. The Morgan fingerprint density at radius 2 is 1.30 bits per heavy atom. The van der Waals surface area contributed by atoms with Crippen molar-refractivity contribution in [1.82, 2.24) is 0 Å². The molecule has 1 aromatic carbocycles. The highest BCUT2D eigenvalue weighted by molar-refractivity contribution is 5.89. The summed E-state index contributed by atoms with van der Waals surface area (Å²) in [6.07, 6.45) is -2.37. The lowest BCUT2D eigenvalue weighted by molar-refractivity contribution is -0.201. The standard InChI is InChI=1S/C31H42O13/c1-11-16(3)26(32)42-19(6)30(8,36)28(34)41-18(5)24(21-13-22(38-10)25-23(14-21)39-15-40-25)44-29(35)31(9,37)20(7)43-27(33)17(4)12-2/h11-14,18-20,24,36-37H,15H2,1-10H3/t18-,19+,20+,24-,30+,31+/m1/s1. The third kappa shape index (κ3) is 8.08. The summed E-state index contributed by atoms with van der Waals surface area (Å²) in [6, 6.07) is 2.94. The van der Waals surface area contributed by atoms with Gasteiger partial charge in [0, 0.05) is 16.7 Å². The maximum absolute atomic E-state index is 13.4. The van der Waals surface area contributed by atoms with Crippen molar-refractivity contribution < 1.29 is 62.5 Å². The number of carbonyl (C=O) groups is 4. The summed E-state index contributed by atoms with van der Waals surface area (Å²) >= 11 is 0. The average Bonchev–Trinajstić information content (AvgIpc) is 3.46. The van der Waals surface area contributed by atoms with Crippen LogP contribution in [0.15, 0.2) is 35.4 Å². The molecule has 2 rings (SSSR count). The number of benzene rings is 1. The van der Waals surface area contributed by atoms with Crippen LogP contribution in [0.25, 0.3) is 0 Å². The number of fused-ring (bicyclic) bond motifs is 1. The molecule has 0 bridgehead atoms. The van der Waals surface area contributed by atoms with E-state index in [4.69, 9.17) is 33.2 Å². The third-order valence-corrected chi connectivity index (χ3v) is 7.45. The molecule has 1 aliphatic rings. The van der Waals surface area contributed by atoms with E-state index in [1.165, 1.54) is 66.0 Å². The lowest BCUT2D eigenvalue weighted by atomic mass is 9.98. The van der Waals surface area contributed by atoms with Gasteiger partial charge in [-0.2, -0.15) is 0 Å². The summed E-state index contributed by atoms with van der Waals surface area (Å²) in [7, 11) is 1.38. The number of esters is 4. The molecule has 244 valence electrons. The van der Waals surface area contributed by atoms with E-state index < -0.39 is 59.5 Å². The van der Waals surface area contributed by atoms with Crippen LogP contribution in [-0.2, 0) is 38.1 Å². The topological polar surface area (TPSA) is 173 Å². The zero-order chi connectivity index (χ0) is 33.6. The zero-order valence-electron chi connectivity index (χ0n) is 26.7. The Bertz CT molecular complexity index is 1310. The molecule has 0 saturated heterocycles. The summed E-state index contributed by atoms with van der Waals surface area (Å²) in [4.78, 5) is 51.1. The molecule has 0 aromatic heterocycles. The van der Waals surface area contributed by atoms with Crippen LogP contribution in [0.3, 0.4) is 0 Å². The van der Waals surface area contributed by atoms with E-state index in [1.807, 2.05) is 0 Å². The van der Waals surface area contributed by atoms with Crippen LogP contribution in [0.5, 0.6) is 17.2 Å². The lowest BCUT2D eigenvalue weighted by Crippen LogP contribution is -2.51. The van der Waals surface area contributed by atoms with E-state index in [-0.39, 0.29) is 35.0 Å². The number of methoxy groups -OCH3 is 1. The Kier molecular flexibility index (Phi) is 12.0. The number of aliphatic hydroxyl groups is 2. The SMILES string of the molecule is CC=C(C)C(=O)O[C@@H](C)[C@](C)(O)C(=O)O[C@H](C)[C@@H](OC(=O)[C@@](C)(O)[C@H](C)OC(=O)C(C)=CC)c1cc(OC)c2c(c1)OCO2. The largest absolute Gasteiger partial charge is 0.493 e. The van der Waals surface area contributed by atoms with Crippen LogP contribution < -0.4 is 14.2 Å². The van der Waals surface area contributed by atoms with Gasteiger partial charge in [0.15, 0.2) is 28.8 Å². The smallest absolute Gasteiger partial charge is 0.342 e. The van der Waals surface area contributed by atoms with Gasteiger partial charge in [0.2, 0.25) is 12.5 Å². The van der Waals surface area contributed by atoms with E-state index >= 15 is 0 Å². The van der Waals surface area contributed by atoms with E-state index in [1.54, 1.807) is 13.8 Å². The first kappa shape index (κ1) is 36.1. The van der Waals surface area contributed by atoms with Crippen LogP contribution in [0.2, 0.25) is 0 Å². The van der Waals surface area contributed by atoms with Crippen molar-refractivity contribution in [3.63, 3.8) is 0 Å². The zero-order valence-corrected chi connectivity index (χ0v) is 26.7. The predicted molar refractivity (Wildman–Crippen MR) is 155 cm³/mol. The second-order valence-electron chi connectivity index (χ2n) is 10.7. The van der Waals surface area contributed by atoms with Gasteiger partial charge < -0.3 is 43.4 Å². The minimum absolute atomic E-state index is 0.0977. The quantitative estimate of drug-likeness (QED) is 0.187. The first-order valence-corrected chi connectivity index (χ1v) is 13.9. The van der Waals surface area contributed by atoms with Gasteiger partial charge in [-0.25, -0.2) is 19.2 Å². The fraction of sp³-hybridized carbons (Fsp3) is 0.548. The second kappa shape index (κ2) is 14.6. The Morgan fingerprint density at radius 3 is 1.75 bits per heavy atom. The Balaban J connectivity index is 2.42. The van der Waals surface area contributed by atoms with Gasteiger partial charge in [0.05, 0.1) is 7.11 Å². The van der Waals surface area contributed by atoms with Crippen molar-refractivity contribution in [1.29, 1.82) is 0 Å². The number of carbonyl (C=O) groups excluding carboxylic acids is 4. The van der Waals surface area contributed by atoms with Crippen molar-refractivity contribution >= 4 is 23.9 Å². The second-order valence-corrected chi connectivity index (χ2v) is 10.7. The molecule has 0 saturated carbocycles. The van der Waals surface area contributed by atoms with Gasteiger partial charge in [-0.15, -0.1) is 0 Å². The van der Waals surface area contributed by atoms with Crippen molar-refractivity contribution in [3.8, 4) is 17.2 Å². The highest BCUT2D eigenvalue weighted by Crippen LogP contribution is 2.44. The molecule has 6 atom stereocenters. The maximum atomic E-state index is 13.4. The molecule has 13 nitrogen and oxygen atoms in total. The van der Waals surface area contributed by atoms with Crippen LogP contribution in [0, 0.1) is 0 Å². The fourth-order valence-electron chi connectivity index (χ4n) is 3.64. The van der Waals surface area contributed by atoms with Crippen molar-refractivity contribution in [2.75, 3.05) is 13.9 Å². The first-order chi connectivity index (χ1) is 20.4. The molecule has 13 heteroatoms. The van der Waals surface area contributed by atoms with Gasteiger partial charge in [-0.1, -0.05) is 12.2 Å². The molecule has 1 heterocycles. The summed E-state index contributed by atoms with van der Waals surface area (Å²) in [5, 5.41) is 22.0. The Labute approximate surface area is 256 Å². The fourth-order valence-corrected chi connectivity index (χ4v) is 3.64. The van der Waals surface area contributed by atoms with E-state index in [0.717, 1.165) is 13.8 Å². The molecule has 1 aliphatic heterocycles. The molecule has 1 aromatic rings. The highest BCUT2D eigenvalue weighted by Gasteiger charge is 2.46. The van der Waals surface area contributed by atoms with Crippen LogP contribution in [-0.4, -0.2) is 77.5 Å². The molecule has 44 heavy (non-hydrogen) atoms. The summed E-state index contributed by atoms with van der Waals surface area (Å²) < 4.78 is 38.0. The van der Waals surface area contributed by atoms with Crippen molar-refractivity contribution in [2.24, 2.45) is 0 Å². The van der Waals surface area contributed by atoms with Gasteiger partial charge >= 0.3 is 23.9 Å². The van der Waals surface area contributed by atoms with Crippen molar-refractivity contribution in [3.05, 3.63) is 41.0 Å². The average molecular weight is 623 g/mol. The van der Waals surface area contributed by atoms with E-state index in [0.29, 0.717) is 5.75 Å². The van der Waals surface area contributed by atoms with Gasteiger partial charge in [-0.3, -0.25) is 0 Å². The van der Waals surface area contributed by atoms with Crippen molar-refractivity contribution in [2.45, 2.75) is 97.9 Å². The molecule has 0 fully saturated rings. The summed E-state index contributed by atoms with van der Waals surface area (Å²) in [6.45, 7) is 12.4. The van der Waals surface area contributed by atoms with Crippen LogP contribution in [0.1, 0.15) is 74.0 Å². The van der Waals surface area contributed by atoms with Crippen LogP contribution in [0.4, 0.5) is 0 Å².